The molecule has 0 heterocycles. The van der Waals surface area contributed by atoms with E-state index in [2.05, 4.69) is 31.9 Å². The maximum absolute atomic E-state index is 12.0. The highest BCUT2D eigenvalue weighted by atomic mass is 16.5. The number of ether oxygens (including phenoxy) is 4. The molecule has 0 aromatic heterocycles. The van der Waals surface area contributed by atoms with Crippen LogP contribution in [0.25, 0.3) is 0 Å². The van der Waals surface area contributed by atoms with Gasteiger partial charge in [-0.25, -0.2) is 4.79 Å². The second-order valence-electron chi connectivity index (χ2n) is 8.99. The molecule has 35 heavy (non-hydrogen) atoms. The van der Waals surface area contributed by atoms with Crippen LogP contribution in [0.15, 0.2) is 36.4 Å². The van der Waals surface area contributed by atoms with Crippen molar-refractivity contribution in [1.29, 1.82) is 5.26 Å². The predicted molar refractivity (Wildman–Crippen MR) is 136 cm³/mol. The molecule has 7 nitrogen and oxygen atoms in total. The van der Waals surface area contributed by atoms with Gasteiger partial charge >= 0.3 is 5.97 Å². The van der Waals surface area contributed by atoms with Crippen molar-refractivity contribution >= 4 is 5.97 Å². The number of carbonyl (C=O) groups excluding carboxylic acids is 1. The second kappa shape index (κ2) is 13.0. The molecular weight excluding hydrogens is 444 g/mol. The van der Waals surface area contributed by atoms with E-state index in [0.717, 1.165) is 43.5 Å². The van der Waals surface area contributed by atoms with Crippen LogP contribution in [0.1, 0.15) is 48.2 Å². The van der Waals surface area contributed by atoms with Crippen LogP contribution >= 0.6 is 0 Å². The summed E-state index contributed by atoms with van der Waals surface area (Å²) in [7, 11) is 8.19. The third-order valence-corrected chi connectivity index (χ3v) is 6.65. The zero-order valence-corrected chi connectivity index (χ0v) is 22.0. The summed E-state index contributed by atoms with van der Waals surface area (Å²) in [5.74, 6) is 1.51. The molecule has 0 saturated carbocycles. The van der Waals surface area contributed by atoms with Crippen molar-refractivity contribution in [3.8, 4) is 23.3 Å². The van der Waals surface area contributed by atoms with Crippen LogP contribution in [-0.4, -0.2) is 59.4 Å². The van der Waals surface area contributed by atoms with Crippen LogP contribution in [0.3, 0.4) is 0 Å². The highest BCUT2D eigenvalue weighted by Gasteiger charge is 2.36. The molecule has 1 atom stereocenters. The molecule has 0 amide bonds. The maximum Gasteiger partial charge on any atom is 0.341 e. The molecular formula is C28H38N2O5. The summed E-state index contributed by atoms with van der Waals surface area (Å²) in [5, 5.41) is 10.3. The Hall–Kier alpha value is -3.24. The van der Waals surface area contributed by atoms with Gasteiger partial charge in [-0.2, -0.15) is 5.26 Å². The lowest BCUT2D eigenvalue weighted by Crippen LogP contribution is -2.32. The Balaban J connectivity index is 2.05. The first-order valence-corrected chi connectivity index (χ1v) is 11.8. The number of carbonyl (C=O) groups is 1. The van der Waals surface area contributed by atoms with E-state index < -0.39 is 11.4 Å². The van der Waals surface area contributed by atoms with Crippen molar-refractivity contribution in [2.75, 3.05) is 48.6 Å². The second-order valence-corrected chi connectivity index (χ2v) is 8.99. The number of esters is 1. The smallest absolute Gasteiger partial charge is 0.341 e. The van der Waals surface area contributed by atoms with Crippen LogP contribution in [0.5, 0.6) is 17.2 Å². The van der Waals surface area contributed by atoms with Gasteiger partial charge in [0, 0.05) is 6.54 Å². The Bertz CT molecular complexity index is 1030. The van der Waals surface area contributed by atoms with Gasteiger partial charge in [0.1, 0.15) is 11.3 Å². The summed E-state index contributed by atoms with van der Waals surface area (Å²) in [6.07, 6.45) is 2.39. The minimum Gasteiger partial charge on any atom is -0.496 e. The third kappa shape index (κ3) is 6.67. The number of nitriles is 1. The third-order valence-electron chi connectivity index (χ3n) is 6.65. The molecule has 190 valence electrons. The van der Waals surface area contributed by atoms with E-state index in [9.17, 15) is 10.1 Å². The SMILES string of the molecule is COC(=O)c1cc(CCN(C)CCCC(C#N)(c2ccc(OC)c(OC)c2)C(C)C)ccc1OC. The summed E-state index contributed by atoms with van der Waals surface area (Å²) >= 11 is 0. The molecule has 1 unspecified atom stereocenters. The molecule has 0 aliphatic carbocycles. The first kappa shape index (κ1) is 28.0. The predicted octanol–water partition coefficient (Wildman–Crippen LogP) is 4.87. The van der Waals surface area contributed by atoms with E-state index >= 15 is 0 Å². The average Bonchev–Trinajstić information content (AvgIpc) is 2.88. The van der Waals surface area contributed by atoms with Crippen LogP contribution in [0.2, 0.25) is 0 Å². The van der Waals surface area contributed by atoms with Gasteiger partial charge in [-0.3, -0.25) is 0 Å². The molecule has 0 N–H and O–H groups in total. The van der Waals surface area contributed by atoms with Gasteiger partial charge < -0.3 is 23.8 Å². The van der Waals surface area contributed by atoms with Gasteiger partial charge in [-0.15, -0.1) is 0 Å². The average molecular weight is 483 g/mol. The maximum atomic E-state index is 12.0. The Morgan fingerprint density at radius 1 is 0.971 bits per heavy atom. The number of methoxy groups -OCH3 is 4. The zero-order chi connectivity index (χ0) is 26.0. The van der Waals surface area contributed by atoms with E-state index in [0.29, 0.717) is 22.8 Å². The Labute approximate surface area is 209 Å². The lowest BCUT2D eigenvalue weighted by atomic mass is 9.69. The van der Waals surface area contributed by atoms with Crippen molar-refractivity contribution < 1.29 is 23.7 Å². The summed E-state index contributed by atoms with van der Waals surface area (Å²) in [6.45, 7) is 5.85. The first-order chi connectivity index (χ1) is 16.8. The van der Waals surface area contributed by atoms with Gasteiger partial charge in [0.15, 0.2) is 11.5 Å². The Kier molecular flexibility index (Phi) is 10.4. The van der Waals surface area contributed by atoms with Crippen molar-refractivity contribution in [3.05, 3.63) is 53.1 Å². The molecule has 0 fully saturated rings. The summed E-state index contributed by atoms with van der Waals surface area (Å²) < 4.78 is 21.0. The molecule has 0 radical (unpaired) electrons. The Morgan fingerprint density at radius 2 is 1.63 bits per heavy atom. The van der Waals surface area contributed by atoms with Gasteiger partial charge in [0.05, 0.1) is 39.9 Å². The van der Waals surface area contributed by atoms with Gasteiger partial charge in [0.2, 0.25) is 0 Å². The fourth-order valence-electron chi connectivity index (χ4n) is 4.37. The summed E-state index contributed by atoms with van der Waals surface area (Å²) in [4.78, 5) is 14.3. The molecule has 2 rings (SSSR count). The highest BCUT2D eigenvalue weighted by molar-refractivity contribution is 5.92. The van der Waals surface area contributed by atoms with Crippen LogP contribution < -0.4 is 14.2 Å². The van der Waals surface area contributed by atoms with Gasteiger partial charge in [-0.1, -0.05) is 26.0 Å². The highest BCUT2D eigenvalue weighted by Crippen LogP contribution is 2.40. The minimum absolute atomic E-state index is 0.131. The van der Waals surface area contributed by atoms with E-state index in [4.69, 9.17) is 18.9 Å². The van der Waals surface area contributed by atoms with E-state index in [1.165, 1.54) is 14.2 Å². The number of nitrogens with zero attached hydrogens (tertiary/aromatic N) is 2. The van der Waals surface area contributed by atoms with Gasteiger partial charge in [-0.05, 0) is 74.2 Å². The largest absolute Gasteiger partial charge is 0.496 e. The quantitative estimate of drug-likeness (QED) is 0.377. The van der Waals surface area contributed by atoms with Crippen molar-refractivity contribution in [1.82, 2.24) is 4.90 Å². The molecule has 0 saturated heterocycles. The van der Waals surface area contributed by atoms with Crippen molar-refractivity contribution in [2.45, 2.75) is 38.5 Å². The molecule has 2 aromatic rings. The monoisotopic (exact) mass is 482 g/mol. The fraction of sp³-hybridized carbons (Fsp3) is 0.500. The van der Waals surface area contributed by atoms with E-state index in [-0.39, 0.29) is 5.92 Å². The van der Waals surface area contributed by atoms with Crippen LogP contribution in [-0.2, 0) is 16.6 Å². The number of hydrogen-bond donors (Lipinski definition) is 0. The van der Waals surface area contributed by atoms with Gasteiger partial charge in [0.25, 0.3) is 0 Å². The topological polar surface area (TPSA) is 81.0 Å². The summed E-state index contributed by atoms with van der Waals surface area (Å²) in [5.41, 5.74) is 1.80. The number of benzene rings is 2. The van der Waals surface area contributed by atoms with Crippen LogP contribution in [0.4, 0.5) is 0 Å². The molecule has 7 heteroatoms. The lowest BCUT2D eigenvalue weighted by molar-refractivity contribution is 0.0597. The molecule has 2 aromatic carbocycles. The zero-order valence-electron chi connectivity index (χ0n) is 22.0. The number of hydrogen-bond acceptors (Lipinski definition) is 7. The number of likely N-dealkylation sites (N-methyl/N-ethyl adjacent to an activating group) is 1. The van der Waals surface area contributed by atoms with E-state index in [1.54, 1.807) is 20.3 Å². The number of rotatable bonds is 13. The molecule has 0 bridgehead atoms. The summed E-state index contributed by atoms with van der Waals surface area (Å²) in [6, 6.07) is 14.0. The Morgan fingerprint density at radius 3 is 2.20 bits per heavy atom. The molecule has 0 aliphatic rings. The standard InChI is InChI=1S/C28H38N2O5/c1-20(2)28(19-29,22-10-12-25(33-5)26(18-22)34-6)14-8-15-30(3)16-13-21-9-11-24(32-4)23(17-21)27(31)35-7/h9-12,17-18,20H,8,13-16H2,1-7H3. The molecule has 0 spiro atoms. The molecule has 0 aliphatic heterocycles. The lowest BCUT2D eigenvalue weighted by Gasteiger charge is -2.32. The first-order valence-electron chi connectivity index (χ1n) is 11.8. The van der Waals surface area contributed by atoms with Crippen molar-refractivity contribution in [3.63, 3.8) is 0 Å². The van der Waals surface area contributed by atoms with E-state index in [1.807, 2.05) is 30.3 Å². The fourth-order valence-corrected chi connectivity index (χ4v) is 4.37. The minimum atomic E-state index is -0.619. The van der Waals surface area contributed by atoms with Crippen molar-refractivity contribution in [2.24, 2.45) is 5.92 Å². The van der Waals surface area contributed by atoms with Crippen LogP contribution in [0, 0.1) is 17.2 Å². The normalized spacial score (nSPS) is 12.7.